The highest BCUT2D eigenvalue weighted by atomic mass is 16.6. The molecule has 3 aromatic rings. The maximum atomic E-state index is 12.9. The summed E-state index contributed by atoms with van der Waals surface area (Å²) >= 11 is 0. The third-order valence-corrected chi connectivity index (χ3v) is 6.01. The number of carbonyl (C=O) groups is 2. The normalized spacial score (nSPS) is 13.2. The summed E-state index contributed by atoms with van der Waals surface area (Å²) in [6, 6.07) is 19.0. The van der Waals surface area contributed by atoms with Crippen molar-refractivity contribution >= 4 is 12.1 Å². The van der Waals surface area contributed by atoms with Crippen LogP contribution in [0.4, 0.5) is 4.79 Å². The molecule has 0 spiro atoms. The van der Waals surface area contributed by atoms with E-state index in [-0.39, 0.29) is 18.9 Å². The largest absolute Gasteiger partial charge is 0.458 e. The number of benzene rings is 2. The third kappa shape index (κ3) is 5.55. The molecule has 0 fully saturated rings. The van der Waals surface area contributed by atoms with Crippen molar-refractivity contribution in [1.29, 1.82) is 5.26 Å². The SMILES string of the molecule is Cc1cc(C[C@H](NC(=O)OCC2c3ccccc3-c3ccccc32)C(=O)OC(C)(C)C)cnc1C#N. The minimum absolute atomic E-state index is 0.0893. The van der Waals surface area contributed by atoms with Crippen LogP contribution in [0.25, 0.3) is 11.1 Å². The molecule has 1 aliphatic carbocycles. The quantitative estimate of drug-likeness (QED) is 0.492. The second-order valence-electron chi connectivity index (χ2n) is 9.88. The summed E-state index contributed by atoms with van der Waals surface area (Å²) in [5.74, 6) is -0.661. The third-order valence-electron chi connectivity index (χ3n) is 6.01. The Hall–Kier alpha value is -4.18. The minimum atomic E-state index is -0.978. The Morgan fingerprint density at radius 2 is 1.69 bits per heavy atom. The van der Waals surface area contributed by atoms with Crippen molar-refractivity contribution in [2.45, 2.75) is 51.7 Å². The summed E-state index contributed by atoms with van der Waals surface area (Å²) in [6.07, 6.45) is 0.979. The summed E-state index contributed by atoms with van der Waals surface area (Å²) < 4.78 is 11.2. The van der Waals surface area contributed by atoms with E-state index >= 15 is 0 Å². The van der Waals surface area contributed by atoms with Gasteiger partial charge in [-0.25, -0.2) is 14.6 Å². The fraction of sp³-hybridized carbons (Fsp3) is 0.310. The van der Waals surface area contributed by atoms with Gasteiger partial charge in [0.25, 0.3) is 0 Å². The maximum Gasteiger partial charge on any atom is 0.407 e. The summed E-state index contributed by atoms with van der Waals surface area (Å²) in [7, 11) is 0. The lowest BCUT2D eigenvalue weighted by molar-refractivity contribution is -0.157. The number of hydrogen-bond donors (Lipinski definition) is 1. The topological polar surface area (TPSA) is 101 Å². The van der Waals surface area contributed by atoms with Gasteiger partial charge in [-0.15, -0.1) is 0 Å². The number of esters is 1. The Morgan fingerprint density at radius 3 is 2.25 bits per heavy atom. The second-order valence-corrected chi connectivity index (χ2v) is 9.88. The average molecular weight is 484 g/mol. The molecule has 0 unspecified atom stereocenters. The van der Waals surface area contributed by atoms with E-state index in [0.717, 1.165) is 22.3 Å². The Morgan fingerprint density at radius 1 is 1.08 bits per heavy atom. The molecule has 1 heterocycles. The number of pyridine rings is 1. The maximum absolute atomic E-state index is 12.9. The van der Waals surface area contributed by atoms with Gasteiger partial charge in [0.1, 0.15) is 30.0 Å². The number of hydrogen-bond acceptors (Lipinski definition) is 6. The van der Waals surface area contributed by atoms with Crippen LogP contribution in [-0.2, 0) is 20.7 Å². The Balaban J connectivity index is 1.48. The van der Waals surface area contributed by atoms with Crippen molar-refractivity contribution < 1.29 is 19.1 Å². The molecular formula is C29H29N3O4. The van der Waals surface area contributed by atoms with Crippen molar-refractivity contribution in [3.63, 3.8) is 0 Å². The molecule has 7 heteroatoms. The van der Waals surface area contributed by atoms with E-state index < -0.39 is 23.7 Å². The molecular weight excluding hydrogens is 454 g/mol. The van der Waals surface area contributed by atoms with Gasteiger partial charge in [0.05, 0.1) is 0 Å². The Kier molecular flexibility index (Phi) is 7.07. The summed E-state index contributed by atoms with van der Waals surface area (Å²) in [5.41, 5.74) is 5.47. The minimum Gasteiger partial charge on any atom is -0.458 e. The van der Waals surface area contributed by atoms with Crippen molar-refractivity contribution in [1.82, 2.24) is 10.3 Å². The standard InChI is InChI=1S/C29H29N3O4/c1-18-13-19(16-31-26(18)15-30)14-25(27(33)36-29(2,3)4)32-28(34)35-17-24-22-11-7-5-9-20(22)21-10-6-8-12-23(21)24/h5-13,16,24-25H,14,17H2,1-4H3,(H,32,34)/t25-/m0/s1. The van der Waals surface area contributed by atoms with E-state index in [1.54, 1.807) is 33.8 Å². The van der Waals surface area contributed by atoms with Crippen LogP contribution in [0.3, 0.4) is 0 Å². The van der Waals surface area contributed by atoms with Crippen molar-refractivity contribution in [2.75, 3.05) is 6.61 Å². The Labute approximate surface area is 211 Å². The molecule has 1 atom stereocenters. The number of aromatic nitrogens is 1. The van der Waals surface area contributed by atoms with Crippen molar-refractivity contribution in [3.05, 3.63) is 88.7 Å². The number of nitrogens with one attached hydrogen (secondary N) is 1. The highest BCUT2D eigenvalue weighted by Crippen LogP contribution is 2.44. The molecule has 1 aliphatic rings. The zero-order valence-corrected chi connectivity index (χ0v) is 20.9. The number of ether oxygens (including phenoxy) is 2. The average Bonchev–Trinajstić information content (AvgIpc) is 3.15. The van der Waals surface area contributed by atoms with Crippen LogP contribution >= 0.6 is 0 Å². The van der Waals surface area contributed by atoms with Gasteiger partial charge in [-0.1, -0.05) is 54.6 Å². The van der Waals surface area contributed by atoms with Gasteiger partial charge in [-0.2, -0.15) is 5.26 Å². The molecule has 1 amide bonds. The molecule has 0 radical (unpaired) electrons. The Bertz CT molecular complexity index is 1290. The molecule has 0 saturated heterocycles. The van der Waals surface area contributed by atoms with Crippen LogP contribution in [0.1, 0.15) is 54.6 Å². The zero-order valence-electron chi connectivity index (χ0n) is 20.9. The predicted molar refractivity (Wildman–Crippen MR) is 135 cm³/mol. The second kappa shape index (κ2) is 10.2. The molecule has 0 bridgehead atoms. The number of nitriles is 1. The molecule has 2 aromatic carbocycles. The van der Waals surface area contributed by atoms with E-state index in [2.05, 4.69) is 22.4 Å². The lowest BCUT2D eigenvalue weighted by Crippen LogP contribution is -2.46. The van der Waals surface area contributed by atoms with E-state index in [1.807, 2.05) is 42.5 Å². The highest BCUT2D eigenvalue weighted by molar-refractivity contribution is 5.82. The molecule has 184 valence electrons. The molecule has 1 aromatic heterocycles. The van der Waals surface area contributed by atoms with Gasteiger partial charge in [0.2, 0.25) is 0 Å². The molecule has 4 rings (SSSR count). The first-order valence-corrected chi connectivity index (χ1v) is 11.9. The predicted octanol–water partition coefficient (Wildman–Crippen LogP) is 5.05. The van der Waals surface area contributed by atoms with Gasteiger partial charge >= 0.3 is 12.1 Å². The van der Waals surface area contributed by atoms with Crippen LogP contribution in [-0.4, -0.2) is 35.3 Å². The summed E-state index contributed by atoms with van der Waals surface area (Å²) in [4.78, 5) is 29.9. The fourth-order valence-corrected chi connectivity index (χ4v) is 4.45. The number of fused-ring (bicyclic) bond motifs is 3. The molecule has 0 saturated carbocycles. The number of amides is 1. The number of rotatable bonds is 6. The smallest absolute Gasteiger partial charge is 0.407 e. The summed E-state index contributed by atoms with van der Waals surface area (Å²) in [6.45, 7) is 7.21. The molecule has 0 aliphatic heterocycles. The summed E-state index contributed by atoms with van der Waals surface area (Å²) in [5, 5.41) is 11.8. The number of nitrogens with zero attached hydrogens (tertiary/aromatic N) is 2. The van der Waals surface area contributed by atoms with E-state index in [4.69, 9.17) is 14.7 Å². The van der Waals surface area contributed by atoms with Crippen molar-refractivity contribution in [2.24, 2.45) is 0 Å². The van der Waals surface area contributed by atoms with E-state index in [9.17, 15) is 9.59 Å². The number of carbonyl (C=O) groups excluding carboxylic acids is 2. The molecule has 7 nitrogen and oxygen atoms in total. The lowest BCUT2D eigenvalue weighted by Gasteiger charge is -2.25. The monoisotopic (exact) mass is 483 g/mol. The van der Waals surface area contributed by atoms with Gasteiger partial charge < -0.3 is 14.8 Å². The lowest BCUT2D eigenvalue weighted by atomic mass is 9.98. The van der Waals surface area contributed by atoms with Gasteiger partial charge in [0.15, 0.2) is 0 Å². The highest BCUT2D eigenvalue weighted by Gasteiger charge is 2.31. The van der Waals surface area contributed by atoms with Crippen molar-refractivity contribution in [3.8, 4) is 17.2 Å². The first-order chi connectivity index (χ1) is 17.2. The van der Waals surface area contributed by atoms with E-state index in [1.165, 1.54) is 6.20 Å². The van der Waals surface area contributed by atoms with Gasteiger partial charge in [0, 0.05) is 18.5 Å². The number of aryl methyl sites for hydroxylation is 1. The van der Waals surface area contributed by atoms with Crippen LogP contribution in [0.2, 0.25) is 0 Å². The van der Waals surface area contributed by atoms with Gasteiger partial charge in [-0.3, -0.25) is 0 Å². The van der Waals surface area contributed by atoms with Crippen LogP contribution in [0, 0.1) is 18.3 Å². The first-order valence-electron chi connectivity index (χ1n) is 11.9. The first kappa shape index (κ1) is 24.9. The van der Waals surface area contributed by atoms with Gasteiger partial charge in [-0.05, 0) is 61.1 Å². The fourth-order valence-electron chi connectivity index (χ4n) is 4.45. The molecule has 36 heavy (non-hydrogen) atoms. The number of alkyl carbamates (subject to hydrolysis) is 1. The molecule has 1 N–H and O–H groups in total. The van der Waals surface area contributed by atoms with Crippen LogP contribution < -0.4 is 5.32 Å². The van der Waals surface area contributed by atoms with Crippen LogP contribution in [0.5, 0.6) is 0 Å². The van der Waals surface area contributed by atoms with Crippen LogP contribution in [0.15, 0.2) is 60.8 Å². The zero-order chi connectivity index (χ0) is 25.9. The van der Waals surface area contributed by atoms with E-state index in [0.29, 0.717) is 16.8 Å².